The smallest absolute Gasteiger partial charge is 0.262 e. The summed E-state index contributed by atoms with van der Waals surface area (Å²) in [6.45, 7) is 6.02. The highest BCUT2D eigenvalue weighted by Gasteiger charge is 2.44. The number of aromatic hydroxyl groups is 1. The lowest BCUT2D eigenvalue weighted by Gasteiger charge is -2.40. The van der Waals surface area contributed by atoms with E-state index in [1.54, 1.807) is 37.4 Å². The summed E-state index contributed by atoms with van der Waals surface area (Å²) in [6, 6.07) is 11.3. The van der Waals surface area contributed by atoms with E-state index >= 15 is 0 Å². The fourth-order valence-corrected chi connectivity index (χ4v) is 6.98. The predicted molar refractivity (Wildman–Crippen MR) is 177 cm³/mol. The highest BCUT2D eigenvalue weighted by molar-refractivity contribution is 6.23. The number of carbonyl (C=O) groups excluding carboxylic acids is 4. The number of anilines is 1. The molecule has 6 rings (SSSR count). The molecule has 0 bridgehead atoms. The number of hydrogen-bond donors (Lipinski definition) is 5. The number of piperidine rings is 2. The molecule has 3 fully saturated rings. The third-order valence-corrected chi connectivity index (χ3v) is 9.68. The van der Waals surface area contributed by atoms with Crippen LogP contribution in [0, 0.1) is 5.92 Å². The largest absolute Gasteiger partial charge is 0.507 e. The number of phenols is 1. The van der Waals surface area contributed by atoms with Crippen molar-refractivity contribution in [2.24, 2.45) is 17.4 Å². The van der Waals surface area contributed by atoms with Crippen molar-refractivity contribution < 1.29 is 24.3 Å². The Kier molecular flexibility index (Phi) is 9.08. The minimum atomic E-state index is -0.970. The molecule has 248 valence electrons. The maximum atomic E-state index is 13.3. The lowest BCUT2D eigenvalue weighted by atomic mass is 9.95. The van der Waals surface area contributed by atoms with Gasteiger partial charge in [0.1, 0.15) is 17.6 Å². The minimum absolute atomic E-state index is 0.0933. The standard InChI is InChI=1S/C34H42N8O5/c1-37-31(36)28(19-26(35)24-4-2-3-5-29(24)43)41-16-14-39(15-17-41)20-21-10-12-40(13-11-21)22-6-7-23-25(18-22)34(47)42(33(23)46)27-8-9-30(44)38-32(27)45/h2-7,18-19,21,27,37,43H,8-17,20,35-36H2,1H3,(H,38,44,45)/b26-19-,31-28-. The Bertz CT molecular complexity index is 1640. The van der Waals surface area contributed by atoms with E-state index in [2.05, 4.69) is 25.3 Å². The molecule has 4 aliphatic heterocycles. The zero-order chi connectivity index (χ0) is 33.2. The van der Waals surface area contributed by atoms with Gasteiger partial charge in [-0.3, -0.25) is 34.3 Å². The van der Waals surface area contributed by atoms with Crippen LogP contribution in [-0.2, 0) is 9.59 Å². The number of carbonyl (C=O) groups is 4. The highest BCUT2D eigenvalue weighted by Crippen LogP contribution is 2.32. The van der Waals surface area contributed by atoms with Crippen LogP contribution in [0.4, 0.5) is 5.69 Å². The summed E-state index contributed by atoms with van der Waals surface area (Å²) in [4.78, 5) is 58.3. The first kappa shape index (κ1) is 31.9. The van der Waals surface area contributed by atoms with E-state index < -0.39 is 29.7 Å². The lowest BCUT2D eigenvalue weighted by molar-refractivity contribution is -0.136. The average Bonchev–Trinajstić information content (AvgIpc) is 3.32. The SMILES string of the molecule is CN/C(N)=C(/C=C(\N)c1ccccc1O)N1CCN(CC2CCN(c3ccc4c(c3)C(=O)N(C3CCC(=O)NC3=O)C4=O)CC2)CC1. The fraction of sp³-hybridized carbons (Fsp3) is 0.412. The summed E-state index contributed by atoms with van der Waals surface area (Å²) in [7, 11) is 1.78. The number of allylic oxidation sites excluding steroid dienone is 1. The second kappa shape index (κ2) is 13.4. The van der Waals surface area contributed by atoms with Crippen LogP contribution in [0.2, 0.25) is 0 Å². The molecule has 4 heterocycles. The van der Waals surface area contributed by atoms with Crippen molar-refractivity contribution in [2.75, 3.05) is 57.8 Å². The molecule has 13 nitrogen and oxygen atoms in total. The van der Waals surface area contributed by atoms with Gasteiger partial charge in [-0.1, -0.05) is 12.1 Å². The Morgan fingerprint density at radius 1 is 0.936 bits per heavy atom. The average molecular weight is 643 g/mol. The van der Waals surface area contributed by atoms with Crippen LogP contribution in [0.5, 0.6) is 5.75 Å². The van der Waals surface area contributed by atoms with Crippen molar-refractivity contribution in [3.63, 3.8) is 0 Å². The Morgan fingerprint density at radius 2 is 1.64 bits per heavy atom. The van der Waals surface area contributed by atoms with Gasteiger partial charge in [-0.05, 0) is 61.6 Å². The van der Waals surface area contributed by atoms with Crippen molar-refractivity contribution in [1.82, 2.24) is 25.3 Å². The number of imide groups is 2. The van der Waals surface area contributed by atoms with Gasteiger partial charge in [0.15, 0.2) is 0 Å². The topological polar surface area (TPSA) is 178 Å². The first-order chi connectivity index (χ1) is 22.6. The van der Waals surface area contributed by atoms with Gasteiger partial charge in [0.05, 0.1) is 16.8 Å². The molecule has 0 radical (unpaired) electrons. The summed E-state index contributed by atoms with van der Waals surface area (Å²) in [5.41, 5.74) is 16.0. The van der Waals surface area contributed by atoms with Crippen LogP contribution in [0.25, 0.3) is 5.70 Å². The van der Waals surface area contributed by atoms with Gasteiger partial charge < -0.3 is 31.7 Å². The number of amides is 4. The van der Waals surface area contributed by atoms with Crippen molar-refractivity contribution in [1.29, 1.82) is 0 Å². The van der Waals surface area contributed by atoms with Crippen LogP contribution in [0.3, 0.4) is 0 Å². The Hall–Kier alpha value is -5.04. The van der Waals surface area contributed by atoms with Crippen LogP contribution in [0.15, 0.2) is 60.1 Å². The Balaban J connectivity index is 1.02. The number of nitrogens with zero attached hydrogens (tertiary/aromatic N) is 4. The number of hydrogen-bond acceptors (Lipinski definition) is 11. The zero-order valence-corrected chi connectivity index (χ0v) is 26.6. The van der Waals surface area contributed by atoms with Crippen LogP contribution >= 0.6 is 0 Å². The molecule has 47 heavy (non-hydrogen) atoms. The number of benzene rings is 2. The van der Waals surface area contributed by atoms with Gasteiger partial charge in [0, 0.05) is 76.2 Å². The molecule has 0 spiro atoms. The second-order valence-corrected chi connectivity index (χ2v) is 12.6. The summed E-state index contributed by atoms with van der Waals surface area (Å²) in [5, 5.41) is 15.5. The van der Waals surface area contributed by atoms with Gasteiger partial charge in [0.2, 0.25) is 11.8 Å². The molecule has 2 aromatic carbocycles. The number of phenolic OH excluding ortho intramolecular Hbond substituents is 1. The van der Waals surface area contributed by atoms with E-state index in [-0.39, 0.29) is 18.6 Å². The van der Waals surface area contributed by atoms with Crippen molar-refractivity contribution in [3.05, 3.63) is 76.7 Å². The fourth-order valence-electron chi connectivity index (χ4n) is 6.98. The van der Waals surface area contributed by atoms with E-state index in [0.29, 0.717) is 34.1 Å². The molecule has 0 aliphatic carbocycles. The van der Waals surface area contributed by atoms with Crippen LogP contribution in [0.1, 0.15) is 52.0 Å². The first-order valence-corrected chi connectivity index (χ1v) is 16.2. The lowest BCUT2D eigenvalue weighted by Crippen LogP contribution is -2.54. The zero-order valence-electron chi connectivity index (χ0n) is 26.6. The summed E-state index contributed by atoms with van der Waals surface area (Å²) in [5.74, 6) is -0.799. The molecule has 0 saturated carbocycles. The van der Waals surface area contributed by atoms with Gasteiger partial charge in [0.25, 0.3) is 11.8 Å². The summed E-state index contributed by atoms with van der Waals surface area (Å²) in [6.07, 6.45) is 4.06. The van der Waals surface area contributed by atoms with Crippen LogP contribution < -0.4 is 27.0 Å². The van der Waals surface area contributed by atoms with Crippen molar-refractivity contribution in [3.8, 4) is 5.75 Å². The number of para-hydroxylation sites is 1. The molecule has 13 heteroatoms. The second-order valence-electron chi connectivity index (χ2n) is 12.6. The molecular formula is C34H42N8O5. The van der Waals surface area contributed by atoms with E-state index in [0.717, 1.165) is 74.9 Å². The number of nitrogens with one attached hydrogen (secondary N) is 2. The molecule has 1 unspecified atom stereocenters. The van der Waals surface area contributed by atoms with Gasteiger partial charge in [-0.2, -0.15) is 0 Å². The van der Waals surface area contributed by atoms with E-state index in [4.69, 9.17) is 11.5 Å². The number of piperazine rings is 1. The Labute approximate surface area is 273 Å². The van der Waals surface area contributed by atoms with E-state index in [9.17, 15) is 24.3 Å². The van der Waals surface area contributed by atoms with E-state index in [1.807, 2.05) is 18.2 Å². The molecule has 0 aromatic heterocycles. The third-order valence-electron chi connectivity index (χ3n) is 9.68. The van der Waals surface area contributed by atoms with Gasteiger partial charge in [-0.25, -0.2) is 0 Å². The molecule has 1 atom stereocenters. The number of fused-ring (bicyclic) bond motifs is 1. The maximum Gasteiger partial charge on any atom is 0.262 e. The minimum Gasteiger partial charge on any atom is -0.507 e. The van der Waals surface area contributed by atoms with Gasteiger partial charge in [-0.15, -0.1) is 0 Å². The summed E-state index contributed by atoms with van der Waals surface area (Å²) < 4.78 is 0. The monoisotopic (exact) mass is 642 g/mol. The molecular weight excluding hydrogens is 600 g/mol. The number of nitrogens with two attached hydrogens (primary N) is 2. The quantitative estimate of drug-likeness (QED) is 0.205. The maximum absolute atomic E-state index is 13.3. The molecule has 2 aromatic rings. The predicted octanol–water partition coefficient (Wildman–Crippen LogP) is 0.974. The highest BCUT2D eigenvalue weighted by atomic mass is 16.3. The first-order valence-electron chi connectivity index (χ1n) is 16.2. The van der Waals surface area contributed by atoms with Crippen molar-refractivity contribution in [2.45, 2.75) is 31.7 Å². The Morgan fingerprint density at radius 3 is 2.32 bits per heavy atom. The van der Waals surface area contributed by atoms with E-state index in [1.165, 1.54) is 0 Å². The molecule has 4 aliphatic rings. The van der Waals surface area contributed by atoms with Crippen LogP contribution in [-0.4, -0.2) is 102 Å². The van der Waals surface area contributed by atoms with Crippen molar-refractivity contribution >= 4 is 35.0 Å². The van der Waals surface area contributed by atoms with Gasteiger partial charge >= 0.3 is 0 Å². The number of rotatable bonds is 8. The molecule has 4 amide bonds. The third kappa shape index (κ3) is 6.48. The summed E-state index contributed by atoms with van der Waals surface area (Å²) >= 11 is 0. The molecule has 7 N–H and O–H groups in total. The molecule has 3 saturated heterocycles. The normalized spacial score (nSPS) is 21.9.